The summed E-state index contributed by atoms with van der Waals surface area (Å²) in [6, 6.07) is 5.17. The molecule has 3 heterocycles. The molecule has 22 heavy (non-hydrogen) atoms. The van der Waals surface area contributed by atoms with E-state index in [4.69, 9.17) is 0 Å². The summed E-state index contributed by atoms with van der Waals surface area (Å²) in [6.07, 6.45) is 4.27. The van der Waals surface area contributed by atoms with Crippen LogP contribution in [0.4, 0.5) is 9.83 Å². The Kier molecular flexibility index (Phi) is 3.57. The molecule has 1 saturated heterocycles. The zero-order valence-corrected chi connectivity index (χ0v) is 12.1. The van der Waals surface area contributed by atoms with Crippen LogP contribution in [-0.4, -0.2) is 41.1 Å². The van der Waals surface area contributed by atoms with Crippen LogP contribution in [-0.2, 0) is 15.0 Å². The molecule has 0 aliphatic carbocycles. The summed E-state index contributed by atoms with van der Waals surface area (Å²) >= 11 is 0. The highest BCUT2D eigenvalue weighted by Gasteiger charge is 2.40. The van der Waals surface area contributed by atoms with Gasteiger partial charge in [0.25, 0.3) is 0 Å². The first-order valence-corrected chi connectivity index (χ1v) is 7.87. The summed E-state index contributed by atoms with van der Waals surface area (Å²) in [7, 11) is -4.77. The van der Waals surface area contributed by atoms with Gasteiger partial charge in [-0.15, -0.1) is 3.89 Å². The zero-order valence-electron chi connectivity index (χ0n) is 11.3. The standard InChI is InChI=1S/C13H11FN4O3S/c14-22(20,21)10-6-12(19)18(8-10)13-16-5-3-11(17-13)9-2-1-4-15-7-9/h1-5,7,10H,6,8H2. The molecule has 0 aromatic carbocycles. The van der Waals surface area contributed by atoms with E-state index in [1.807, 2.05) is 0 Å². The van der Waals surface area contributed by atoms with Crippen molar-refractivity contribution in [2.24, 2.45) is 0 Å². The molecule has 1 unspecified atom stereocenters. The summed E-state index contributed by atoms with van der Waals surface area (Å²) in [5.41, 5.74) is 1.27. The number of carbonyl (C=O) groups is 1. The number of nitrogens with zero attached hydrogens (tertiary/aromatic N) is 4. The van der Waals surface area contributed by atoms with E-state index in [0.29, 0.717) is 5.69 Å². The van der Waals surface area contributed by atoms with Gasteiger partial charge in [-0.3, -0.25) is 14.7 Å². The smallest absolute Gasteiger partial charge is 0.279 e. The van der Waals surface area contributed by atoms with Crippen LogP contribution in [0.3, 0.4) is 0 Å². The molecule has 1 aliphatic heterocycles. The van der Waals surface area contributed by atoms with Crippen LogP contribution in [0, 0.1) is 0 Å². The number of carbonyl (C=O) groups excluding carboxylic acids is 1. The first-order chi connectivity index (χ1) is 10.4. The number of pyridine rings is 1. The van der Waals surface area contributed by atoms with Crippen molar-refractivity contribution in [2.75, 3.05) is 11.4 Å². The maximum Gasteiger partial charge on any atom is 0.307 e. The number of rotatable bonds is 3. The van der Waals surface area contributed by atoms with Crippen molar-refractivity contribution in [3.63, 3.8) is 0 Å². The molecular formula is C13H11FN4O3S. The lowest BCUT2D eigenvalue weighted by molar-refractivity contribution is -0.117. The van der Waals surface area contributed by atoms with Gasteiger partial charge >= 0.3 is 10.2 Å². The van der Waals surface area contributed by atoms with E-state index in [2.05, 4.69) is 15.0 Å². The average Bonchev–Trinajstić information content (AvgIpc) is 2.90. The molecule has 1 fully saturated rings. The predicted octanol–water partition coefficient (Wildman–Crippen LogP) is 0.943. The Hall–Kier alpha value is -2.42. The maximum atomic E-state index is 13.0. The van der Waals surface area contributed by atoms with Gasteiger partial charge in [0.05, 0.1) is 5.69 Å². The fourth-order valence-corrected chi connectivity index (χ4v) is 2.88. The number of hydrogen-bond donors (Lipinski definition) is 0. The normalized spacial score (nSPS) is 18.7. The molecule has 9 heteroatoms. The SMILES string of the molecule is O=C1CC(S(=O)(=O)F)CN1c1nccc(-c2cccnc2)n1. The van der Waals surface area contributed by atoms with Crippen LogP contribution in [0.1, 0.15) is 6.42 Å². The van der Waals surface area contributed by atoms with Crippen molar-refractivity contribution in [1.29, 1.82) is 0 Å². The van der Waals surface area contributed by atoms with Crippen LogP contribution >= 0.6 is 0 Å². The second-order valence-electron chi connectivity index (χ2n) is 4.79. The molecule has 0 spiro atoms. The minimum atomic E-state index is -4.77. The minimum absolute atomic E-state index is 0.0532. The summed E-state index contributed by atoms with van der Waals surface area (Å²) in [6.45, 7) is -0.284. The predicted molar refractivity (Wildman–Crippen MR) is 76.0 cm³/mol. The lowest BCUT2D eigenvalue weighted by Gasteiger charge is -2.14. The Morgan fingerprint density at radius 3 is 2.73 bits per heavy atom. The second kappa shape index (κ2) is 5.41. The van der Waals surface area contributed by atoms with Crippen molar-refractivity contribution in [2.45, 2.75) is 11.7 Å². The minimum Gasteiger partial charge on any atom is -0.279 e. The lowest BCUT2D eigenvalue weighted by atomic mass is 10.2. The third-order valence-electron chi connectivity index (χ3n) is 3.33. The van der Waals surface area contributed by atoms with Crippen LogP contribution in [0.15, 0.2) is 36.8 Å². The third kappa shape index (κ3) is 2.80. The summed E-state index contributed by atoms with van der Waals surface area (Å²) in [4.78, 5) is 25.1. The Morgan fingerprint density at radius 1 is 1.27 bits per heavy atom. The van der Waals surface area contributed by atoms with Gasteiger partial charge < -0.3 is 0 Å². The largest absolute Gasteiger partial charge is 0.307 e. The molecule has 2 aromatic heterocycles. The van der Waals surface area contributed by atoms with Crippen molar-refractivity contribution in [1.82, 2.24) is 15.0 Å². The molecule has 1 aliphatic rings. The molecule has 1 atom stereocenters. The molecule has 0 N–H and O–H groups in total. The molecule has 0 radical (unpaired) electrons. The third-order valence-corrected chi connectivity index (χ3v) is 4.44. The summed E-state index contributed by atoms with van der Waals surface area (Å²) in [5.74, 6) is -0.466. The number of aromatic nitrogens is 3. The fourth-order valence-electron chi connectivity index (χ4n) is 2.21. The topological polar surface area (TPSA) is 93.1 Å². The number of anilines is 1. The molecule has 0 bridgehead atoms. The lowest BCUT2D eigenvalue weighted by Crippen LogP contribution is -2.28. The first-order valence-electron chi connectivity index (χ1n) is 6.42. The Morgan fingerprint density at radius 2 is 2.09 bits per heavy atom. The Labute approximate surface area is 126 Å². The molecule has 0 saturated carbocycles. The van der Waals surface area contributed by atoms with Gasteiger partial charge in [0.15, 0.2) is 0 Å². The Bertz CT molecular complexity index is 813. The summed E-state index contributed by atoms with van der Waals surface area (Å²) in [5, 5.41) is -1.37. The highest BCUT2D eigenvalue weighted by Crippen LogP contribution is 2.25. The average molecular weight is 322 g/mol. The molecule has 2 aromatic rings. The van der Waals surface area contributed by atoms with Crippen LogP contribution in [0.25, 0.3) is 11.3 Å². The molecule has 7 nitrogen and oxygen atoms in total. The number of halogens is 1. The van der Waals surface area contributed by atoms with Gasteiger partial charge in [0, 0.05) is 37.1 Å². The Balaban J connectivity index is 1.92. The number of amides is 1. The second-order valence-corrected chi connectivity index (χ2v) is 6.41. The van der Waals surface area contributed by atoms with Crippen molar-refractivity contribution in [3.05, 3.63) is 36.8 Å². The molecule has 114 valence electrons. The highest BCUT2D eigenvalue weighted by atomic mass is 32.3. The first kappa shape index (κ1) is 14.5. The van der Waals surface area contributed by atoms with E-state index in [-0.39, 0.29) is 12.5 Å². The highest BCUT2D eigenvalue weighted by molar-refractivity contribution is 7.87. The fraction of sp³-hybridized carbons (Fsp3) is 0.231. The van der Waals surface area contributed by atoms with Gasteiger partial charge in [-0.05, 0) is 18.2 Å². The van der Waals surface area contributed by atoms with E-state index in [9.17, 15) is 17.1 Å². The van der Waals surface area contributed by atoms with E-state index in [1.165, 1.54) is 6.20 Å². The summed E-state index contributed by atoms with van der Waals surface area (Å²) < 4.78 is 34.9. The van der Waals surface area contributed by atoms with E-state index in [0.717, 1.165) is 10.5 Å². The van der Waals surface area contributed by atoms with E-state index in [1.54, 1.807) is 30.6 Å². The quantitative estimate of drug-likeness (QED) is 0.781. The molecule has 1 amide bonds. The van der Waals surface area contributed by atoms with Crippen molar-refractivity contribution in [3.8, 4) is 11.3 Å². The van der Waals surface area contributed by atoms with Crippen molar-refractivity contribution < 1.29 is 17.1 Å². The van der Waals surface area contributed by atoms with Gasteiger partial charge in [-0.2, -0.15) is 8.42 Å². The van der Waals surface area contributed by atoms with Crippen LogP contribution in [0.2, 0.25) is 0 Å². The van der Waals surface area contributed by atoms with Crippen LogP contribution < -0.4 is 4.90 Å². The monoisotopic (exact) mass is 322 g/mol. The molecule has 3 rings (SSSR count). The van der Waals surface area contributed by atoms with E-state index >= 15 is 0 Å². The van der Waals surface area contributed by atoms with E-state index < -0.39 is 27.8 Å². The van der Waals surface area contributed by atoms with Gasteiger partial charge in [-0.25, -0.2) is 9.97 Å². The maximum absolute atomic E-state index is 13.0. The van der Waals surface area contributed by atoms with Gasteiger partial charge in [-0.1, -0.05) is 0 Å². The van der Waals surface area contributed by atoms with Crippen molar-refractivity contribution >= 4 is 22.1 Å². The number of hydrogen-bond acceptors (Lipinski definition) is 6. The van der Waals surface area contributed by atoms with Crippen LogP contribution in [0.5, 0.6) is 0 Å². The molecular weight excluding hydrogens is 311 g/mol. The van der Waals surface area contributed by atoms with Gasteiger partial charge in [0.1, 0.15) is 5.25 Å². The zero-order chi connectivity index (χ0) is 15.7. The van der Waals surface area contributed by atoms with Gasteiger partial charge in [0.2, 0.25) is 11.9 Å².